The normalized spacial score (nSPS) is 19.8. The smallest absolute Gasteiger partial charge is 0.309 e. The van der Waals surface area contributed by atoms with E-state index in [0.717, 1.165) is 18.4 Å². The summed E-state index contributed by atoms with van der Waals surface area (Å²) in [5.74, 6) is 0.162. The van der Waals surface area contributed by atoms with Gasteiger partial charge in [0.15, 0.2) is 0 Å². The second-order valence-corrected chi connectivity index (χ2v) is 4.57. The van der Waals surface area contributed by atoms with Crippen molar-refractivity contribution in [3.63, 3.8) is 0 Å². The van der Waals surface area contributed by atoms with Crippen LogP contribution in [0.5, 0.6) is 5.75 Å². The third-order valence-electron chi connectivity index (χ3n) is 3.52. The molecule has 1 aromatic carbocycles. The number of hydrogen-bond donors (Lipinski definition) is 1. The van der Waals surface area contributed by atoms with Gasteiger partial charge in [0.2, 0.25) is 0 Å². The lowest BCUT2D eigenvalue weighted by molar-refractivity contribution is -0.148. The molecule has 2 unspecified atom stereocenters. The fourth-order valence-electron chi connectivity index (χ4n) is 2.58. The van der Waals surface area contributed by atoms with Crippen molar-refractivity contribution in [2.75, 3.05) is 6.61 Å². The van der Waals surface area contributed by atoms with Gasteiger partial charge in [0.25, 0.3) is 0 Å². The number of benzene rings is 1. The summed E-state index contributed by atoms with van der Waals surface area (Å²) in [4.78, 5) is 11.7. The monoisotopic (exact) mass is 234 g/mol. The van der Waals surface area contributed by atoms with Crippen LogP contribution in [0, 0.1) is 5.92 Å². The van der Waals surface area contributed by atoms with Gasteiger partial charge in [0.05, 0.1) is 12.5 Å². The van der Waals surface area contributed by atoms with Crippen molar-refractivity contribution in [3.8, 4) is 5.75 Å². The number of esters is 1. The molecule has 0 spiro atoms. The van der Waals surface area contributed by atoms with Gasteiger partial charge in [-0.05, 0) is 48.9 Å². The molecule has 3 heteroatoms. The highest BCUT2D eigenvalue weighted by Crippen LogP contribution is 2.40. The molecule has 0 saturated carbocycles. The minimum absolute atomic E-state index is 0.141. The van der Waals surface area contributed by atoms with Gasteiger partial charge in [0.1, 0.15) is 5.75 Å². The number of rotatable bonds is 3. The molecule has 0 radical (unpaired) electrons. The topological polar surface area (TPSA) is 46.5 Å². The number of aromatic hydroxyl groups is 1. The second-order valence-electron chi connectivity index (χ2n) is 4.57. The zero-order valence-electron chi connectivity index (χ0n) is 10.3. The van der Waals surface area contributed by atoms with Crippen LogP contribution in [0.15, 0.2) is 18.2 Å². The van der Waals surface area contributed by atoms with Crippen LogP contribution in [-0.4, -0.2) is 17.7 Å². The van der Waals surface area contributed by atoms with Crippen molar-refractivity contribution in [2.24, 2.45) is 5.92 Å². The van der Waals surface area contributed by atoms with Gasteiger partial charge in [-0.1, -0.05) is 13.0 Å². The van der Waals surface area contributed by atoms with Gasteiger partial charge < -0.3 is 9.84 Å². The van der Waals surface area contributed by atoms with E-state index in [1.165, 1.54) is 5.56 Å². The molecule has 1 N–H and O–H groups in total. The minimum Gasteiger partial charge on any atom is -0.508 e. The zero-order chi connectivity index (χ0) is 12.4. The van der Waals surface area contributed by atoms with Crippen molar-refractivity contribution in [1.29, 1.82) is 0 Å². The number of phenols is 1. The van der Waals surface area contributed by atoms with Crippen LogP contribution in [0.25, 0.3) is 0 Å². The molecule has 1 aliphatic rings. The lowest BCUT2D eigenvalue weighted by Crippen LogP contribution is -2.20. The highest BCUT2D eigenvalue weighted by atomic mass is 16.5. The summed E-state index contributed by atoms with van der Waals surface area (Å²) in [6, 6.07) is 5.43. The first-order valence-corrected chi connectivity index (χ1v) is 6.12. The highest BCUT2D eigenvalue weighted by molar-refractivity contribution is 5.73. The number of carbonyl (C=O) groups is 1. The van der Waals surface area contributed by atoms with Crippen LogP contribution in [0.2, 0.25) is 0 Å². The molecule has 0 fully saturated rings. The van der Waals surface area contributed by atoms with E-state index in [0.29, 0.717) is 6.61 Å². The van der Waals surface area contributed by atoms with Gasteiger partial charge in [-0.25, -0.2) is 0 Å². The number of aryl methyl sites for hydroxylation is 1. The summed E-state index contributed by atoms with van der Waals surface area (Å²) in [5.41, 5.74) is 2.34. The van der Waals surface area contributed by atoms with Gasteiger partial charge in [-0.15, -0.1) is 0 Å². The van der Waals surface area contributed by atoms with E-state index in [1.54, 1.807) is 12.1 Å². The fourth-order valence-corrected chi connectivity index (χ4v) is 2.58. The SMILES string of the molecule is CCOC(=O)C(C)C1CCc2ccc(O)cc21. The Bertz CT molecular complexity index is 425. The van der Waals surface area contributed by atoms with Crippen molar-refractivity contribution >= 4 is 5.97 Å². The molecule has 0 bridgehead atoms. The third kappa shape index (κ3) is 2.28. The molecular formula is C14H18O3. The molecule has 2 atom stereocenters. The lowest BCUT2D eigenvalue weighted by Gasteiger charge is -2.18. The zero-order valence-corrected chi connectivity index (χ0v) is 10.3. The van der Waals surface area contributed by atoms with Crippen LogP contribution >= 0.6 is 0 Å². The first kappa shape index (κ1) is 12.0. The Kier molecular flexibility index (Phi) is 3.36. The maximum absolute atomic E-state index is 11.7. The summed E-state index contributed by atoms with van der Waals surface area (Å²) in [5, 5.41) is 9.52. The summed E-state index contributed by atoms with van der Waals surface area (Å²) >= 11 is 0. The molecule has 17 heavy (non-hydrogen) atoms. The van der Waals surface area contributed by atoms with E-state index in [1.807, 2.05) is 19.9 Å². The molecule has 3 nitrogen and oxygen atoms in total. The Labute approximate surface area is 101 Å². The van der Waals surface area contributed by atoms with Crippen molar-refractivity contribution in [3.05, 3.63) is 29.3 Å². The average Bonchev–Trinajstić information content (AvgIpc) is 2.71. The second kappa shape index (κ2) is 4.78. The molecule has 92 valence electrons. The average molecular weight is 234 g/mol. The number of carbonyl (C=O) groups excluding carboxylic acids is 1. The maximum Gasteiger partial charge on any atom is 0.309 e. The highest BCUT2D eigenvalue weighted by Gasteiger charge is 2.32. The van der Waals surface area contributed by atoms with Crippen molar-refractivity contribution in [2.45, 2.75) is 32.6 Å². The van der Waals surface area contributed by atoms with Gasteiger partial charge in [-0.3, -0.25) is 4.79 Å². The lowest BCUT2D eigenvalue weighted by atomic mass is 9.88. The quantitative estimate of drug-likeness (QED) is 0.818. The summed E-state index contributed by atoms with van der Waals surface area (Å²) < 4.78 is 5.06. The molecule has 0 aliphatic heterocycles. The van der Waals surface area contributed by atoms with Gasteiger partial charge in [-0.2, -0.15) is 0 Å². The van der Waals surface area contributed by atoms with Crippen LogP contribution < -0.4 is 0 Å². The number of hydrogen-bond acceptors (Lipinski definition) is 3. The summed E-state index contributed by atoms with van der Waals surface area (Å²) in [6.07, 6.45) is 1.93. The van der Waals surface area contributed by atoms with Gasteiger partial charge in [0, 0.05) is 0 Å². The van der Waals surface area contributed by atoms with E-state index < -0.39 is 0 Å². The molecule has 1 aromatic rings. The predicted octanol–water partition coefficient (Wildman–Crippen LogP) is 2.62. The molecule has 1 aliphatic carbocycles. The van der Waals surface area contributed by atoms with Crippen LogP contribution in [0.1, 0.15) is 37.3 Å². The van der Waals surface area contributed by atoms with E-state index in [4.69, 9.17) is 4.74 Å². The maximum atomic E-state index is 11.7. The largest absolute Gasteiger partial charge is 0.508 e. The first-order valence-electron chi connectivity index (χ1n) is 6.12. The van der Waals surface area contributed by atoms with Crippen LogP contribution in [0.3, 0.4) is 0 Å². The van der Waals surface area contributed by atoms with E-state index in [-0.39, 0.29) is 23.6 Å². The number of ether oxygens (including phenoxy) is 1. The van der Waals surface area contributed by atoms with E-state index in [9.17, 15) is 9.90 Å². The molecule has 0 saturated heterocycles. The third-order valence-corrected chi connectivity index (χ3v) is 3.52. The van der Waals surface area contributed by atoms with Gasteiger partial charge >= 0.3 is 5.97 Å². The first-order chi connectivity index (χ1) is 8.13. The molecule has 0 heterocycles. The fraction of sp³-hybridized carbons (Fsp3) is 0.500. The Morgan fingerprint density at radius 3 is 3.06 bits per heavy atom. The van der Waals surface area contributed by atoms with Crippen LogP contribution in [-0.2, 0) is 16.0 Å². The van der Waals surface area contributed by atoms with Crippen molar-refractivity contribution < 1.29 is 14.6 Å². The number of phenolic OH excluding ortho intramolecular Hbond substituents is 1. The van der Waals surface area contributed by atoms with Crippen molar-refractivity contribution in [1.82, 2.24) is 0 Å². The molecular weight excluding hydrogens is 216 g/mol. The summed E-state index contributed by atoms with van der Waals surface area (Å²) in [6.45, 7) is 4.14. The molecule has 2 rings (SSSR count). The summed E-state index contributed by atoms with van der Waals surface area (Å²) in [7, 11) is 0. The Morgan fingerprint density at radius 1 is 1.59 bits per heavy atom. The number of fused-ring (bicyclic) bond motifs is 1. The standard InChI is InChI=1S/C14H18O3/c1-3-17-14(16)9(2)12-7-5-10-4-6-11(15)8-13(10)12/h4,6,8-9,12,15H,3,5,7H2,1-2H3. The van der Waals surface area contributed by atoms with E-state index in [2.05, 4.69) is 0 Å². The van der Waals surface area contributed by atoms with Crippen LogP contribution in [0.4, 0.5) is 0 Å². The predicted molar refractivity (Wildman–Crippen MR) is 65.0 cm³/mol. The Morgan fingerprint density at radius 2 is 2.35 bits per heavy atom. The minimum atomic E-state index is -0.145. The van der Waals surface area contributed by atoms with E-state index >= 15 is 0 Å². The Balaban J connectivity index is 2.21. The molecule has 0 aromatic heterocycles. The molecule has 0 amide bonds. The Hall–Kier alpha value is -1.51.